The molecule has 0 bridgehead atoms. The maximum Gasteiger partial charge on any atom is 0.385 e. The monoisotopic (exact) mass is 383 g/mol. The topological polar surface area (TPSA) is 105 Å². The highest BCUT2D eigenvalue weighted by Gasteiger charge is 2.38. The summed E-state index contributed by atoms with van der Waals surface area (Å²) in [6.07, 6.45) is 3.28. The lowest BCUT2D eigenvalue weighted by molar-refractivity contribution is -0.206. The van der Waals surface area contributed by atoms with E-state index in [9.17, 15) is 14.3 Å². The average Bonchev–Trinajstić information content (AvgIpc) is 2.83. The molecule has 144 valence electrons. The van der Waals surface area contributed by atoms with Crippen LogP contribution in [0.15, 0.2) is 23.2 Å². The lowest BCUT2D eigenvalue weighted by Gasteiger charge is -2.27. The smallest absolute Gasteiger partial charge is 0.385 e. The Morgan fingerprint density at radius 2 is 2.04 bits per heavy atom. The van der Waals surface area contributed by atoms with Gasteiger partial charge >= 0.3 is 13.6 Å². The fourth-order valence-corrected chi connectivity index (χ4v) is 4.04. The lowest BCUT2D eigenvalue weighted by Crippen LogP contribution is -2.28. The van der Waals surface area contributed by atoms with Crippen LogP contribution in [-0.4, -0.2) is 28.3 Å². The van der Waals surface area contributed by atoms with E-state index in [1.165, 1.54) is 6.07 Å². The van der Waals surface area contributed by atoms with Crippen LogP contribution in [0.1, 0.15) is 58.4 Å². The normalized spacial score (nSPS) is 21.2. The Bertz CT molecular complexity index is 747. The predicted octanol–water partition coefficient (Wildman–Crippen LogP) is 3.86. The van der Waals surface area contributed by atoms with Crippen molar-refractivity contribution in [3.05, 3.63) is 23.8 Å². The summed E-state index contributed by atoms with van der Waals surface area (Å²) in [7, 11) is -4.06. The molecule has 2 atom stereocenters. The lowest BCUT2D eigenvalue weighted by atomic mass is 9.76. The summed E-state index contributed by atoms with van der Waals surface area (Å²) in [6, 6.07) is 4.93. The maximum absolute atomic E-state index is 12.3. The van der Waals surface area contributed by atoms with Gasteiger partial charge in [-0.2, -0.15) is 0 Å². The van der Waals surface area contributed by atoms with Gasteiger partial charge in [0.2, 0.25) is 0 Å². The minimum atomic E-state index is -4.06. The van der Waals surface area contributed by atoms with E-state index in [0.29, 0.717) is 6.42 Å². The molecule has 0 aromatic heterocycles. The number of nitrogens with zero attached hydrogens (tertiary/aromatic N) is 1. The Balaban J connectivity index is 2.16. The third-order valence-electron chi connectivity index (χ3n) is 4.83. The Morgan fingerprint density at radius 3 is 2.69 bits per heavy atom. The third kappa shape index (κ3) is 4.60. The molecule has 0 fully saturated rings. The first-order chi connectivity index (χ1) is 12.2. The standard InChI is InChI=1S/C18H26NO6P/c1-4-24-25-26(22,23)14-9-10-16-15(12-14)18(3,13(2)19-16)11-7-5-6-8-17(20)21/h9-10,12H,4-8,11H2,1-3H3,(H,20,21)(H,22,23). The van der Waals surface area contributed by atoms with Gasteiger partial charge < -0.3 is 10.00 Å². The van der Waals surface area contributed by atoms with Crippen LogP contribution in [-0.2, 0) is 24.3 Å². The highest BCUT2D eigenvalue weighted by Crippen LogP contribution is 2.47. The second kappa shape index (κ2) is 8.44. The first-order valence-corrected chi connectivity index (χ1v) is 10.3. The summed E-state index contributed by atoms with van der Waals surface area (Å²) in [5.41, 5.74) is 2.28. The van der Waals surface area contributed by atoms with Crippen LogP contribution in [0.2, 0.25) is 0 Å². The molecule has 1 aliphatic heterocycles. The Hall–Kier alpha value is -1.53. The van der Waals surface area contributed by atoms with Crippen molar-refractivity contribution >= 4 is 30.3 Å². The van der Waals surface area contributed by atoms with Crippen LogP contribution >= 0.6 is 7.60 Å². The van der Waals surface area contributed by atoms with Crippen LogP contribution < -0.4 is 5.30 Å². The van der Waals surface area contributed by atoms with Gasteiger partial charge in [0.05, 0.1) is 17.6 Å². The Kier molecular flexibility index (Phi) is 6.74. The number of carboxylic acid groups (broad SMARTS) is 1. The quantitative estimate of drug-likeness (QED) is 0.275. The summed E-state index contributed by atoms with van der Waals surface area (Å²) < 4.78 is 17.0. The van der Waals surface area contributed by atoms with E-state index in [2.05, 4.69) is 21.5 Å². The molecule has 1 aromatic carbocycles. The summed E-state index contributed by atoms with van der Waals surface area (Å²) >= 11 is 0. The zero-order valence-corrected chi connectivity index (χ0v) is 16.3. The molecule has 0 saturated heterocycles. The number of carbonyl (C=O) groups is 1. The zero-order chi connectivity index (χ0) is 19.4. The van der Waals surface area contributed by atoms with Gasteiger partial charge in [-0.3, -0.25) is 14.4 Å². The van der Waals surface area contributed by atoms with Crippen molar-refractivity contribution in [2.24, 2.45) is 4.99 Å². The summed E-state index contributed by atoms with van der Waals surface area (Å²) in [5.74, 6) is -0.780. The molecule has 1 heterocycles. The van der Waals surface area contributed by atoms with Crippen molar-refractivity contribution in [3.8, 4) is 0 Å². The van der Waals surface area contributed by atoms with Crippen LogP contribution in [0, 0.1) is 0 Å². The summed E-state index contributed by atoms with van der Waals surface area (Å²) in [5, 5.41) is 8.90. The first-order valence-electron chi connectivity index (χ1n) is 8.77. The van der Waals surface area contributed by atoms with Crippen LogP contribution in [0.5, 0.6) is 0 Å². The second-order valence-electron chi connectivity index (χ2n) is 6.69. The molecule has 7 nitrogen and oxygen atoms in total. The van der Waals surface area contributed by atoms with Crippen LogP contribution in [0.25, 0.3) is 0 Å². The van der Waals surface area contributed by atoms with Crippen molar-refractivity contribution < 1.29 is 28.9 Å². The molecule has 1 aliphatic rings. The molecule has 0 radical (unpaired) electrons. The molecular weight excluding hydrogens is 357 g/mol. The van der Waals surface area contributed by atoms with Crippen molar-refractivity contribution in [3.63, 3.8) is 0 Å². The van der Waals surface area contributed by atoms with Crippen molar-refractivity contribution in [1.82, 2.24) is 0 Å². The summed E-state index contributed by atoms with van der Waals surface area (Å²) in [6.45, 7) is 5.85. The molecule has 0 spiro atoms. The average molecular weight is 383 g/mol. The molecule has 0 aliphatic carbocycles. The van der Waals surface area contributed by atoms with Gasteiger partial charge in [-0.05, 0) is 50.5 Å². The van der Waals surface area contributed by atoms with E-state index in [0.717, 1.165) is 36.2 Å². The fraction of sp³-hybridized carbons (Fsp3) is 0.556. The van der Waals surface area contributed by atoms with Crippen molar-refractivity contribution in [2.75, 3.05) is 6.61 Å². The maximum atomic E-state index is 12.3. The number of fused-ring (bicyclic) bond motifs is 1. The van der Waals surface area contributed by atoms with E-state index in [1.54, 1.807) is 19.1 Å². The zero-order valence-electron chi connectivity index (χ0n) is 15.4. The van der Waals surface area contributed by atoms with E-state index in [1.807, 2.05) is 6.92 Å². The highest BCUT2D eigenvalue weighted by molar-refractivity contribution is 7.61. The number of aliphatic carboxylic acids is 1. The molecule has 2 N–H and O–H groups in total. The van der Waals surface area contributed by atoms with E-state index < -0.39 is 13.6 Å². The number of rotatable bonds is 10. The van der Waals surface area contributed by atoms with E-state index in [-0.39, 0.29) is 23.7 Å². The number of carboxylic acids is 1. The fourth-order valence-electron chi connectivity index (χ4n) is 3.15. The third-order valence-corrected chi connectivity index (χ3v) is 6.06. The molecule has 2 unspecified atom stereocenters. The van der Waals surface area contributed by atoms with Gasteiger partial charge in [0.1, 0.15) is 0 Å². The van der Waals surface area contributed by atoms with Gasteiger partial charge in [-0.25, -0.2) is 4.89 Å². The van der Waals surface area contributed by atoms with Gasteiger partial charge in [-0.15, -0.1) is 4.67 Å². The molecule has 0 amide bonds. The largest absolute Gasteiger partial charge is 0.481 e. The number of unbranched alkanes of at least 4 members (excludes halogenated alkanes) is 2. The number of aliphatic imine (C=N–C) groups is 1. The van der Waals surface area contributed by atoms with Gasteiger partial charge in [0.25, 0.3) is 0 Å². The molecule has 26 heavy (non-hydrogen) atoms. The predicted molar refractivity (Wildman–Crippen MR) is 99.5 cm³/mol. The van der Waals surface area contributed by atoms with Crippen LogP contribution in [0.4, 0.5) is 5.69 Å². The molecule has 1 aromatic rings. The van der Waals surface area contributed by atoms with Gasteiger partial charge in [-0.1, -0.05) is 19.8 Å². The number of benzene rings is 1. The van der Waals surface area contributed by atoms with Crippen molar-refractivity contribution in [2.45, 2.75) is 58.3 Å². The number of hydrogen-bond acceptors (Lipinski definition) is 5. The molecule has 8 heteroatoms. The molecule has 2 rings (SSSR count). The molecule has 0 saturated carbocycles. The van der Waals surface area contributed by atoms with Gasteiger partial charge in [0, 0.05) is 17.5 Å². The Morgan fingerprint density at radius 1 is 1.31 bits per heavy atom. The second-order valence-corrected chi connectivity index (χ2v) is 8.39. The Labute approximate surface area is 153 Å². The first kappa shape index (κ1) is 20.8. The van der Waals surface area contributed by atoms with Crippen molar-refractivity contribution in [1.29, 1.82) is 0 Å². The number of hydrogen-bond donors (Lipinski definition) is 2. The molecular formula is C18H26NO6P. The van der Waals surface area contributed by atoms with Gasteiger partial charge in [0.15, 0.2) is 0 Å². The SMILES string of the molecule is CCOOP(=O)(O)c1ccc2c(c1)C(C)(CCCCCC(=O)O)C(C)=N2. The van der Waals surface area contributed by atoms with Crippen LogP contribution in [0.3, 0.4) is 0 Å². The highest BCUT2D eigenvalue weighted by atomic mass is 31.2. The minimum absolute atomic E-state index is 0.172. The summed E-state index contributed by atoms with van der Waals surface area (Å²) in [4.78, 5) is 30.0. The van der Waals surface area contributed by atoms with E-state index >= 15 is 0 Å². The minimum Gasteiger partial charge on any atom is -0.481 e. The van der Waals surface area contributed by atoms with E-state index in [4.69, 9.17) is 5.11 Å².